The van der Waals surface area contributed by atoms with E-state index in [0.717, 1.165) is 4.68 Å². The van der Waals surface area contributed by atoms with E-state index in [2.05, 4.69) is 10.1 Å². The number of methoxy groups -OCH3 is 1. The normalized spacial score (nSPS) is 11.2. The van der Waals surface area contributed by atoms with E-state index in [1.165, 1.54) is 31.4 Å². The van der Waals surface area contributed by atoms with E-state index < -0.39 is 12.0 Å². The molecular formula is C17H11F3N4O. The predicted molar refractivity (Wildman–Crippen MR) is 83.1 cm³/mol. The molecule has 0 radical (unpaired) electrons. The molecule has 1 aromatic heterocycles. The van der Waals surface area contributed by atoms with Crippen LogP contribution >= 0.6 is 0 Å². The average Bonchev–Trinajstić information content (AvgIpc) is 3.07. The molecule has 0 fully saturated rings. The zero-order chi connectivity index (χ0) is 18.0. The molecule has 0 saturated carbocycles. The van der Waals surface area contributed by atoms with E-state index in [1.54, 1.807) is 24.3 Å². The highest BCUT2D eigenvalue weighted by atomic mass is 19.4. The first-order chi connectivity index (χ1) is 11.9. The van der Waals surface area contributed by atoms with Crippen molar-refractivity contribution in [2.24, 2.45) is 0 Å². The Bertz CT molecular complexity index is 923. The van der Waals surface area contributed by atoms with Crippen molar-refractivity contribution in [3.05, 3.63) is 59.9 Å². The molecule has 0 spiro atoms. The van der Waals surface area contributed by atoms with Crippen molar-refractivity contribution >= 4 is 0 Å². The molecule has 0 aliphatic rings. The van der Waals surface area contributed by atoms with Gasteiger partial charge in [-0.05, 0) is 48.5 Å². The summed E-state index contributed by atoms with van der Waals surface area (Å²) in [4.78, 5) is 3.65. The Balaban J connectivity index is 2.14. The molecule has 126 valence electrons. The monoisotopic (exact) mass is 344 g/mol. The highest BCUT2D eigenvalue weighted by Crippen LogP contribution is 2.31. The fourth-order valence-corrected chi connectivity index (χ4v) is 2.22. The van der Waals surface area contributed by atoms with Gasteiger partial charge in [0.15, 0.2) is 5.82 Å². The smallest absolute Gasteiger partial charge is 0.453 e. The Morgan fingerprint density at radius 3 is 2.20 bits per heavy atom. The summed E-state index contributed by atoms with van der Waals surface area (Å²) >= 11 is 0. The second-order valence-corrected chi connectivity index (χ2v) is 5.06. The largest absolute Gasteiger partial charge is 0.497 e. The van der Waals surface area contributed by atoms with Crippen LogP contribution in [0.4, 0.5) is 13.2 Å². The summed E-state index contributed by atoms with van der Waals surface area (Å²) in [6, 6.07) is 14.4. The number of benzene rings is 2. The van der Waals surface area contributed by atoms with Crippen molar-refractivity contribution in [3.8, 4) is 28.9 Å². The van der Waals surface area contributed by atoms with Gasteiger partial charge in [-0.15, -0.1) is 5.10 Å². The molecule has 5 nitrogen and oxygen atoms in total. The highest BCUT2D eigenvalue weighted by molar-refractivity contribution is 5.59. The Kier molecular flexibility index (Phi) is 4.15. The molecule has 1 heterocycles. The first-order valence-electron chi connectivity index (χ1n) is 7.11. The zero-order valence-electron chi connectivity index (χ0n) is 12.9. The quantitative estimate of drug-likeness (QED) is 0.724. The Hall–Kier alpha value is -3.34. The van der Waals surface area contributed by atoms with Gasteiger partial charge in [0.05, 0.1) is 24.4 Å². The lowest BCUT2D eigenvalue weighted by Gasteiger charge is -2.07. The average molecular weight is 344 g/mol. The third kappa shape index (κ3) is 3.30. The summed E-state index contributed by atoms with van der Waals surface area (Å²) in [7, 11) is 1.50. The van der Waals surface area contributed by atoms with Crippen LogP contribution in [0.15, 0.2) is 48.5 Å². The number of nitrogens with zero attached hydrogens (tertiary/aromatic N) is 4. The lowest BCUT2D eigenvalue weighted by Crippen LogP contribution is -2.08. The molecular weight excluding hydrogens is 333 g/mol. The maximum absolute atomic E-state index is 13.0. The Labute approximate surface area is 140 Å². The number of nitriles is 1. The second-order valence-electron chi connectivity index (χ2n) is 5.06. The molecule has 0 bridgehead atoms. The molecule has 0 saturated heterocycles. The van der Waals surface area contributed by atoms with Gasteiger partial charge in [0, 0.05) is 5.56 Å². The van der Waals surface area contributed by atoms with Crippen LogP contribution in [-0.2, 0) is 6.18 Å². The molecule has 25 heavy (non-hydrogen) atoms. The van der Waals surface area contributed by atoms with Crippen molar-refractivity contribution in [3.63, 3.8) is 0 Å². The van der Waals surface area contributed by atoms with Gasteiger partial charge in [-0.1, -0.05) is 0 Å². The molecule has 3 rings (SSSR count). The summed E-state index contributed by atoms with van der Waals surface area (Å²) in [5.41, 5.74) is 1.21. The summed E-state index contributed by atoms with van der Waals surface area (Å²) in [6.45, 7) is 0. The molecule has 0 amide bonds. The van der Waals surface area contributed by atoms with Gasteiger partial charge in [-0.25, -0.2) is 9.67 Å². The summed E-state index contributed by atoms with van der Waals surface area (Å²) in [6.07, 6.45) is -4.67. The van der Waals surface area contributed by atoms with Crippen LogP contribution in [0.5, 0.6) is 5.75 Å². The van der Waals surface area contributed by atoms with Crippen LogP contribution in [0.2, 0.25) is 0 Å². The minimum absolute atomic E-state index is 0.0414. The summed E-state index contributed by atoms with van der Waals surface area (Å²) in [5, 5.41) is 12.4. The predicted octanol–water partition coefficient (Wildman–Crippen LogP) is 3.83. The van der Waals surface area contributed by atoms with E-state index in [0.29, 0.717) is 22.6 Å². The Morgan fingerprint density at radius 1 is 1.04 bits per heavy atom. The fraction of sp³-hybridized carbons (Fsp3) is 0.118. The highest BCUT2D eigenvalue weighted by Gasteiger charge is 2.37. The molecule has 8 heteroatoms. The number of aromatic nitrogens is 3. The van der Waals surface area contributed by atoms with Gasteiger partial charge < -0.3 is 4.74 Å². The molecule has 0 unspecified atom stereocenters. The lowest BCUT2D eigenvalue weighted by atomic mass is 10.2. The lowest BCUT2D eigenvalue weighted by molar-refractivity contribution is -0.144. The minimum atomic E-state index is -4.67. The number of alkyl halides is 3. The van der Waals surface area contributed by atoms with Crippen molar-refractivity contribution < 1.29 is 17.9 Å². The van der Waals surface area contributed by atoms with Crippen LogP contribution < -0.4 is 4.74 Å². The first kappa shape index (κ1) is 16.5. The van der Waals surface area contributed by atoms with Gasteiger partial charge in [0.2, 0.25) is 0 Å². The van der Waals surface area contributed by atoms with Crippen LogP contribution in [0.1, 0.15) is 11.4 Å². The van der Waals surface area contributed by atoms with Gasteiger partial charge in [0.1, 0.15) is 5.75 Å². The van der Waals surface area contributed by atoms with Crippen LogP contribution in [-0.4, -0.2) is 21.9 Å². The summed E-state index contributed by atoms with van der Waals surface area (Å²) in [5.74, 6) is -0.619. The number of hydrogen-bond donors (Lipinski definition) is 0. The molecule has 2 aromatic carbocycles. The van der Waals surface area contributed by atoms with Gasteiger partial charge in [-0.2, -0.15) is 18.4 Å². The van der Waals surface area contributed by atoms with Crippen molar-refractivity contribution in [1.29, 1.82) is 5.26 Å². The van der Waals surface area contributed by atoms with Crippen LogP contribution in [0.3, 0.4) is 0 Å². The van der Waals surface area contributed by atoms with Crippen LogP contribution in [0.25, 0.3) is 17.1 Å². The molecule has 0 aliphatic heterocycles. The molecule has 0 atom stereocenters. The van der Waals surface area contributed by atoms with Gasteiger partial charge in [-0.3, -0.25) is 0 Å². The van der Waals surface area contributed by atoms with Gasteiger partial charge >= 0.3 is 6.18 Å². The zero-order valence-corrected chi connectivity index (χ0v) is 12.9. The van der Waals surface area contributed by atoms with E-state index in [9.17, 15) is 13.2 Å². The molecule has 0 aliphatic carbocycles. The molecule has 0 N–H and O–H groups in total. The Morgan fingerprint density at radius 2 is 1.68 bits per heavy atom. The third-order valence-corrected chi connectivity index (χ3v) is 3.45. The number of halogens is 3. The number of rotatable bonds is 3. The summed E-state index contributed by atoms with van der Waals surface area (Å²) < 4.78 is 45.3. The maximum atomic E-state index is 13.0. The van der Waals surface area contributed by atoms with Crippen molar-refractivity contribution in [2.45, 2.75) is 6.18 Å². The maximum Gasteiger partial charge on any atom is 0.453 e. The minimum Gasteiger partial charge on any atom is -0.497 e. The van der Waals surface area contributed by atoms with E-state index in [1.807, 2.05) is 6.07 Å². The topological polar surface area (TPSA) is 63.7 Å². The standard InChI is InChI=1S/C17H11F3N4O/c1-25-14-8-4-12(5-9-14)15-22-16(17(18,19)20)23-24(15)13-6-2-11(10-21)3-7-13/h2-9H,1H3. The fourth-order valence-electron chi connectivity index (χ4n) is 2.22. The van der Waals surface area contributed by atoms with Crippen molar-refractivity contribution in [2.75, 3.05) is 7.11 Å². The van der Waals surface area contributed by atoms with E-state index >= 15 is 0 Å². The number of ether oxygens (including phenoxy) is 1. The van der Waals surface area contributed by atoms with Crippen molar-refractivity contribution in [1.82, 2.24) is 14.8 Å². The third-order valence-electron chi connectivity index (χ3n) is 3.45. The van der Waals surface area contributed by atoms with Gasteiger partial charge in [0.25, 0.3) is 5.82 Å². The van der Waals surface area contributed by atoms with Crippen LogP contribution in [0, 0.1) is 11.3 Å². The first-order valence-corrected chi connectivity index (χ1v) is 7.11. The molecule has 3 aromatic rings. The number of hydrogen-bond acceptors (Lipinski definition) is 4. The SMILES string of the molecule is COc1ccc(-c2nc(C(F)(F)F)nn2-c2ccc(C#N)cc2)cc1. The van der Waals surface area contributed by atoms with E-state index in [-0.39, 0.29) is 5.82 Å². The van der Waals surface area contributed by atoms with E-state index in [4.69, 9.17) is 10.00 Å². The second kappa shape index (κ2) is 6.28.